The van der Waals surface area contributed by atoms with Gasteiger partial charge in [-0.2, -0.15) is 0 Å². The van der Waals surface area contributed by atoms with Crippen molar-refractivity contribution in [2.45, 2.75) is 55.8 Å². The van der Waals surface area contributed by atoms with E-state index in [0.29, 0.717) is 67.2 Å². The van der Waals surface area contributed by atoms with Gasteiger partial charge in [-0.25, -0.2) is 15.0 Å². The van der Waals surface area contributed by atoms with Crippen molar-refractivity contribution in [1.82, 2.24) is 24.4 Å². The van der Waals surface area contributed by atoms with Crippen molar-refractivity contribution in [1.29, 1.82) is 0 Å². The number of anilines is 1. The molecule has 202 valence electrons. The number of rotatable bonds is 7. The highest BCUT2D eigenvalue weighted by Gasteiger charge is 2.28. The predicted molar refractivity (Wildman–Crippen MR) is 144 cm³/mol. The van der Waals surface area contributed by atoms with Crippen LogP contribution in [0.4, 0.5) is 5.82 Å². The van der Waals surface area contributed by atoms with Crippen LogP contribution in [-0.4, -0.2) is 68.7 Å². The Morgan fingerprint density at radius 1 is 1.21 bits per heavy atom. The summed E-state index contributed by atoms with van der Waals surface area (Å²) < 4.78 is 19.5. The summed E-state index contributed by atoms with van der Waals surface area (Å²) in [7, 11) is 0. The molecule has 1 fully saturated rings. The SMILES string of the molecule is CC(=O)O[C@@H](C)C(=O)N1CCC(CCn2c(Sc3cc4c(cc3Br)OCCO4)nc3c(N)ncnc32)CC1. The molecule has 11 nitrogen and oxygen atoms in total. The zero-order chi connectivity index (χ0) is 26.8. The number of ether oxygens (including phenoxy) is 3. The second kappa shape index (κ2) is 11.4. The van der Waals surface area contributed by atoms with Gasteiger partial charge in [0.1, 0.15) is 19.5 Å². The van der Waals surface area contributed by atoms with Gasteiger partial charge in [-0.1, -0.05) is 11.8 Å². The molecule has 0 radical (unpaired) electrons. The Kier molecular flexibility index (Phi) is 7.93. The molecule has 0 spiro atoms. The second-order valence-corrected chi connectivity index (χ2v) is 11.2. The highest BCUT2D eigenvalue weighted by molar-refractivity contribution is 9.10. The van der Waals surface area contributed by atoms with E-state index in [4.69, 9.17) is 24.9 Å². The standard InChI is InChI=1S/C25H29BrN6O5S/c1-14(37-15(2)33)24(34)31-6-3-16(4-7-31)5-8-32-23-21(22(27)28-13-29-23)30-25(32)38-20-12-19-18(11-17(20)26)35-9-10-36-19/h11-14,16H,3-10H2,1-2H3,(H2,27,28,29)/t14-/m0/s1. The van der Waals surface area contributed by atoms with E-state index in [-0.39, 0.29) is 5.91 Å². The number of nitrogens with two attached hydrogens (primary N) is 1. The Hall–Kier alpha value is -3.06. The van der Waals surface area contributed by atoms with Crippen molar-refractivity contribution in [3.8, 4) is 11.5 Å². The van der Waals surface area contributed by atoms with Gasteiger partial charge in [0, 0.05) is 35.9 Å². The number of halogens is 1. The molecule has 4 heterocycles. The lowest BCUT2D eigenvalue weighted by Crippen LogP contribution is -2.44. The number of carbonyl (C=O) groups is 2. The first kappa shape index (κ1) is 26.5. The predicted octanol–water partition coefficient (Wildman–Crippen LogP) is 3.67. The van der Waals surface area contributed by atoms with Crippen LogP contribution >= 0.6 is 27.7 Å². The Labute approximate surface area is 232 Å². The first-order valence-corrected chi connectivity index (χ1v) is 14.1. The molecule has 0 bridgehead atoms. The van der Waals surface area contributed by atoms with Crippen LogP contribution in [0.15, 0.2) is 33.0 Å². The van der Waals surface area contributed by atoms with Gasteiger partial charge in [0.2, 0.25) is 0 Å². The summed E-state index contributed by atoms with van der Waals surface area (Å²) in [6.45, 7) is 5.94. The van der Waals surface area contributed by atoms with Crippen LogP contribution in [0.2, 0.25) is 0 Å². The van der Waals surface area contributed by atoms with E-state index in [1.807, 2.05) is 12.1 Å². The smallest absolute Gasteiger partial charge is 0.303 e. The van der Waals surface area contributed by atoms with Gasteiger partial charge in [0.25, 0.3) is 5.91 Å². The molecule has 5 rings (SSSR count). The fourth-order valence-corrected chi connectivity index (χ4v) is 6.25. The Balaban J connectivity index is 1.30. The van der Waals surface area contributed by atoms with E-state index in [1.54, 1.807) is 11.8 Å². The minimum atomic E-state index is -0.758. The third-order valence-electron chi connectivity index (χ3n) is 6.70. The Morgan fingerprint density at radius 3 is 2.63 bits per heavy atom. The number of esters is 1. The van der Waals surface area contributed by atoms with Gasteiger partial charge < -0.3 is 29.4 Å². The summed E-state index contributed by atoms with van der Waals surface area (Å²) in [6, 6.07) is 3.86. The number of carbonyl (C=O) groups excluding carboxylic acids is 2. The van der Waals surface area contributed by atoms with Gasteiger partial charge in [-0.3, -0.25) is 9.59 Å². The first-order valence-electron chi connectivity index (χ1n) is 12.5. The molecule has 2 aromatic heterocycles. The van der Waals surface area contributed by atoms with E-state index in [9.17, 15) is 9.59 Å². The van der Waals surface area contributed by atoms with Crippen LogP contribution in [0.1, 0.15) is 33.1 Å². The minimum Gasteiger partial charge on any atom is -0.486 e. The molecule has 0 aliphatic carbocycles. The zero-order valence-corrected chi connectivity index (χ0v) is 23.6. The molecule has 0 saturated carbocycles. The quantitative estimate of drug-likeness (QED) is 0.398. The largest absolute Gasteiger partial charge is 0.486 e. The van der Waals surface area contributed by atoms with Crippen molar-refractivity contribution < 1.29 is 23.8 Å². The molecule has 1 aromatic carbocycles. The van der Waals surface area contributed by atoms with E-state index >= 15 is 0 Å². The van der Waals surface area contributed by atoms with E-state index in [1.165, 1.54) is 25.0 Å². The second-order valence-electron chi connectivity index (χ2n) is 9.31. The van der Waals surface area contributed by atoms with Crippen LogP contribution in [0, 0.1) is 5.92 Å². The molecule has 2 aliphatic heterocycles. The van der Waals surface area contributed by atoms with Crippen LogP contribution in [0.25, 0.3) is 11.2 Å². The van der Waals surface area contributed by atoms with Gasteiger partial charge in [-0.05, 0) is 60.2 Å². The molecular weight excluding hydrogens is 576 g/mol. The van der Waals surface area contributed by atoms with Gasteiger partial charge in [0.15, 0.2) is 39.7 Å². The average molecular weight is 606 g/mol. The number of fused-ring (bicyclic) bond motifs is 2. The van der Waals surface area contributed by atoms with E-state index < -0.39 is 12.1 Å². The monoisotopic (exact) mass is 604 g/mol. The first-order chi connectivity index (χ1) is 18.3. The van der Waals surface area contributed by atoms with Crippen LogP contribution in [-0.2, 0) is 20.9 Å². The summed E-state index contributed by atoms with van der Waals surface area (Å²) in [5.41, 5.74) is 7.40. The molecule has 2 N–H and O–H groups in total. The van der Waals surface area contributed by atoms with Crippen molar-refractivity contribution in [2.75, 3.05) is 32.0 Å². The van der Waals surface area contributed by atoms with Crippen molar-refractivity contribution in [3.63, 3.8) is 0 Å². The third-order valence-corrected chi connectivity index (χ3v) is 8.67. The molecule has 1 amide bonds. The number of hydrogen-bond donors (Lipinski definition) is 1. The van der Waals surface area contributed by atoms with Gasteiger partial charge in [-0.15, -0.1) is 0 Å². The number of benzene rings is 1. The van der Waals surface area contributed by atoms with Gasteiger partial charge >= 0.3 is 5.97 Å². The number of piperidine rings is 1. The number of hydrogen-bond acceptors (Lipinski definition) is 10. The Bertz CT molecular complexity index is 1360. The molecular formula is C25H29BrN6O5S. The summed E-state index contributed by atoms with van der Waals surface area (Å²) in [5, 5.41) is 0.757. The molecule has 1 atom stereocenters. The Morgan fingerprint density at radius 2 is 1.92 bits per heavy atom. The number of aromatic nitrogens is 4. The summed E-state index contributed by atoms with van der Waals surface area (Å²) in [4.78, 5) is 39.9. The zero-order valence-electron chi connectivity index (χ0n) is 21.2. The van der Waals surface area contributed by atoms with E-state index in [0.717, 1.165) is 33.8 Å². The summed E-state index contributed by atoms with van der Waals surface area (Å²) in [5.74, 6) is 1.59. The maximum atomic E-state index is 12.6. The van der Waals surface area contributed by atoms with Crippen molar-refractivity contribution in [2.24, 2.45) is 5.92 Å². The van der Waals surface area contributed by atoms with Gasteiger partial charge in [0.05, 0.1) is 0 Å². The topological polar surface area (TPSA) is 135 Å². The molecule has 38 heavy (non-hydrogen) atoms. The number of nitrogen functional groups attached to an aromatic ring is 1. The maximum absolute atomic E-state index is 12.6. The lowest BCUT2D eigenvalue weighted by Gasteiger charge is -2.33. The summed E-state index contributed by atoms with van der Waals surface area (Å²) in [6.07, 6.45) is 3.34. The maximum Gasteiger partial charge on any atom is 0.303 e. The summed E-state index contributed by atoms with van der Waals surface area (Å²) >= 11 is 5.15. The molecule has 3 aromatic rings. The van der Waals surface area contributed by atoms with E-state index in [2.05, 4.69) is 30.5 Å². The van der Waals surface area contributed by atoms with Crippen LogP contribution in [0.3, 0.4) is 0 Å². The highest BCUT2D eigenvalue weighted by Crippen LogP contribution is 2.42. The molecule has 2 aliphatic rings. The van der Waals surface area contributed by atoms with Crippen LogP contribution in [0.5, 0.6) is 11.5 Å². The number of aryl methyl sites for hydroxylation is 1. The molecule has 0 unspecified atom stereocenters. The average Bonchev–Trinajstić information content (AvgIpc) is 3.25. The number of nitrogens with zero attached hydrogens (tertiary/aromatic N) is 5. The fraction of sp³-hybridized carbons (Fsp3) is 0.480. The molecule has 13 heteroatoms. The molecule has 1 saturated heterocycles. The number of amides is 1. The van der Waals surface area contributed by atoms with Crippen LogP contribution < -0.4 is 15.2 Å². The van der Waals surface area contributed by atoms with Crippen molar-refractivity contribution >= 4 is 56.6 Å². The highest BCUT2D eigenvalue weighted by atomic mass is 79.9. The lowest BCUT2D eigenvalue weighted by atomic mass is 9.93. The third kappa shape index (κ3) is 5.68. The normalized spacial score (nSPS) is 16.4. The van der Waals surface area contributed by atoms with Crippen molar-refractivity contribution in [3.05, 3.63) is 22.9 Å². The minimum absolute atomic E-state index is 0.143. The fourth-order valence-electron chi connectivity index (χ4n) is 4.75. The number of imidazole rings is 1. The number of likely N-dealkylation sites (tertiary alicyclic amines) is 1. The lowest BCUT2D eigenvalue weighted by molar-refractivity contribution is -0.158.